The maximum atomic E-state index is 13.4. The zero-order valence-corrected chi connectivity index (χ0v) is 15.1. The molecule has 0 radical (unpaired) electrons. The molecule has 0 saturated carbocycles. The molecule has 1 saturated heterocycles. The highest BCUT2D eigenvalue weighted by Crippen LogP contribution is 2.16. The van der Waals surface area contributed by atoms with Crippen LogP contribution >= 0.6 is 0 Å². The van der Waals surface area contributed by atoms with Crippen molar-refractivity contribution in [3.05, 3.63) is 47.1 Å². The second kappa shape index (κ2) is 8.18. The summed E-state index contributed by atoms with van der Waals surface area (Å²) in [5, 5.41) is 16.6. The van der Waals surface area contributed by atoms with E-state index in [2.05, 4.69) is 25.3 Å². The van der Waals surface area contributed by atoms with Crippen LogP contribution in [-0.2, 0) is 13.1 Å². The first-order valence-corrected chi connectivity index (χ1v) is 8.62. The van der Waals surface area contributed by atoms with Crippen LogP contribution in [0.1, 0.15) is 17.0 Å². The number of benzene rings is 1. The third kappa shape index (κ3) is 4.51. The first-order valence-electron chi connectivity index (χ1n) is 8.62. The van der Waals surface area contributed by atoms with E-state index >= 15 is 0 Å². The zero-order valence-electron chi connectivity index (χ0n) is 15.1. The summed E-state index contributed by atoms with van der Waals surface area (Å²) in [6, 6.07) is 6.34. The number of aromatic hydroxyl groups is 1. The van der Waals surface area contributed by atoms with Gasteiger partial charge in [-0.2, -0.15) is 0 Å². The van der Waals surface area contributed by atoms with Crippen molar-refractivity contribution in [3.63, 3.8) is 0 Å². The molecule has 1 aliphatic rings. The molecule has 0 amide bonds. The number of halogens is 1. The number of nitrogens with zero attached hydrogens (tertiary/aromatic N) is 4. The summed E-state index contributed by atoms with van der Waals surface area (Å²) in [7, 11) is 1.74. The Bertz CT molecular complexity index is 769. The minimum Gasteiger partial charge on any atom is -0.505 e. The van der Waals surface area contributed by atoms with Gasteiger partial charge in [0.2, 0.25) is 0 Å². The van der Waals surface area contributed by atoms with Gasteiger partial charge < -0.3 is 19.8 Å². The lowest BCUT2D eigenvalue weighted by atomic mass is 10.2. The number of phenols is 1. The van der Waals surface area contributed by atoms with E-state index in [0.717, 1.165) is 55.7 Å². The van der Waals surface area contributed by atoms with E-state index in [0.29, 0.717) is 6.54 Å². The number of aryl methyl sites for hydroxylation is 1. The number of aromatic nitrogens is 1. The van der Waals surface area contributed by atoms with E-state index in [1.807, 2.05) is 13.0 Å². The van der Waals surface area contributed by atoms with E-state index in [9.17, 15) is 9.50 Å². The fraction of sp³-hybridized carbons (Fsp3) is 0.444. The smallest absolute Gasteiger partial charge is 0.194 e. The van der Waals surface area contributed by atoms with Crippen molar-refractivity contribution in [2.45, 2.75) is 20.0 Å². The van der Waals surface area contributed by atoms with Crippen LogP contribution in [0.4, 0.5) is 4.39 Å². The summed E-state index contributed by atoms with van der Waals surface area (Å²) in [5.41, 5.74) is 1.70. The normalized spacial score (nSPS) is 16.1. The summed E-state index contributed by atoms with van der Waals surface area (Å²) in [6.07, 6.45) is 0. The van der Waals surface area contributed by atoms with Crippen molar-refractivity contribution in [3.8, 4) is 5.75 Å². The summed E-state index contributed by atoms with van der Waals surface area (Å²) >= 11 is 0. The van der Waals surface area contributed by atoms with Gasteiger partial charge in [-0.15, -0.1) is 0 Å². The summed E-state index contributed by atoms with van der Waals surface area (Å²) in [6.45, 7) is 6.62. The fourth-order valence-corrected chi connectivity index (χ4v) is 3.01. The number of hydrogen-bond donors (Lipinski definition) is 2. The maximum Gasteiger partial charge on any atom is 0.194 e. The molecule has 0 atom stereocenters. The first-order chi connectivity index (χ1) is 12.5. The van der Waals surface area contributed by atoms with Crippen molar-refractivity contribution in [2.24, 2.45) is 4.99 Å². The molecule has 0 unspecified atom stereocenters. The second-order valence-corrected chi connectivity index (χ2v) is 6.38. The Morgan fingerprint density at radius 3 is 2.69 bits per heavy atom. The van der Waals surface area contributed by atoms with Crippen LogP contribution in [0.2, 0.25) is 0 Å². The van der Waals surface area contributed by atoms with Gasteiger partial charge in [0.1, 0.15) is 5.76 Å². The summed E-state index contributed by atoms with van der Waals surface area (Å²) in [4.78, 5) is 8.83. The molecule has 0 spiro atoms. The SMILES string of the molecule is CN=C(NCc1ccc(O)c(F)c1)N1CCN(Cc2cc(C)on2)CC1. The second-order valence-electron chi connectivity index (χ2n) is 6.38. The summed E-state index contributed by atoms with van der Waals surface area (Å²) in [5.74, 6) is 0.664. The quantitative estimate of drug-likeness (QED) is 0.638. The van der Waals surface area contributed by atoms with Gasteiger partial charge in [0, 0.05) is 52.4 Å². The predicted molar refractivity (Wildman–Crippen MR) is 96.4 cm³/mol. The third-order valence-electron chi connectivity index (χ3n) is 4.41. The first kappa shape index (κ1) is 18.2. The van der Waals surface area contributed by atoms with Crippen molar-refractivity contribution < 1.29 is 14.0 Å². The van der Waals surface area contributed by atoms with Crippen molar-refractivity contribution in [2.75, 3.05) is 33.2 Å². The Labute approximate surface area is 152 Å². The Morgan fingerprint density at radius 1 is 1.31 bits per heavy atom. The van der Waals surface area contributed by atoms with Gasteiger partial charge in [-0.1, -0.05) is 11.2 Å². The van der Waals surface area contributed by atoms with Crippen LogP contribution < -0.4 is 5.32 Å². The monoisotopic (exact) mass is 361 g/mol. The largest absolute Gasteiger partial charge is 0.505 e. The van der Waals surface area contributed by atoms with Crippen molar-refractivity contribution in [1.82, 2.24) is 20.3 Å². The zero-order chi connectivity index (χ0) is 18.5. The molecular formula is C18H24FN5O2. The van der Waals surface area contributed by atoms with Gasteiger partial charge in [-0.05, 0) is 24.6 Å². The van der Waals surface area contributed by atoms with Gasteiger partial charge in [0.25, 0.3) is 0 Å². The topological polar surface area (TPSA) is 77.1 Å². The molecule has 26 heavy (non-hydrogen) atoms. The molecule has 3 rings (SSSR count). The molecule has 2 aromatic rings. The third-order valence-corrected chi connectivity index (χ3v) is 4.41. The molecule has 0 bridgehead atoms. The Balaban J connectivity index is 1.49. The number of nitrogens with one attached hydrogen (secondary N) is 1. The molecule has 1 aromatic heterocycles. The summed E-state index contributed by atoms with van der Waals surface area (Å²) < 4.78 is 18.5. The predicted octanol–water partition coefficient (Wildman–Crippen LogP) is 1.72. The molecular weight excluding hydrogens is 337 g/mol. The number of rotatable bonds is 4. The minimum atomic E-state index is -0.615. The van der Waals surface area contributed by atoms with Gasteiger partial charge in [-0.25, -0.2) is 4.39 Å². The molecule has 1 aromatic carbocycles. The van der Waals surface area contributed by atoms with E-state index in [1.165, 1.54) is 12.1 Å². The number of phenolic OH excluding ortho intramolecular Hbond substituents is 1. The molecule has 140 valence electrons. The Hall–Kier alpha value is -2.61. The van der Waals surface area contributed by atoms with E-state index in [4.69, 9.17) is 4.52 Å². The Morgan fingerprint density at radius 2 is 2.08 bits per heavy atom. The van der Waals surface area contributed by atoms with Crippen molar-refractivity contribution >= 4 is 5.96 Å². The van der Waals surface area contributed by atoms with E-state index < -0.39 is 5.82 Å². The highest BCUT2D eigenvalue weighted by molar-refractivity contribution is 5.80. The lowest BCUT2D eigenvalue weighted by Gasteiger charge is -2.36. The van der Waals surface area contributed by atoms with Crippen LogP contribution in [-0.4, -0.2) is 59.2 Å². The fourth-order valence-electron chi connectivity index (χ4n) is 3.01. The minimum absolute atomic E-state index is 0.337. The molecule has 2 heterocycles. The standard InChI is InChI=1S/C18H24FN5O2/c1-13-9-15(22-26-13)12-23-5-7-24(8-6-23)18(20-2)21-11-14-3-4-17(25)16(19)10-14/h3-4,9-10,25H,5-8,11-12H2,1-2H3,(H,20,21). The number of hydrogen-bond acceptors (Lipinski definition) is 5. The van der Waals surface area contributed by atoms with Crippen LogP contribution in [0.15, 0.2) is 33.8 Å². The molecule has 1 fully saturated rings. The Kier molecular flexibility index (Phi) is 5.72. The highest BCUT2D eigenvalue weighted by atomic mass is 19.1. The van der Waals surface area contributed by atoms with Gasteiger partial charge in [-0.3, -0.25) is 9.89 Å². The van der Waals surface area contributed by atoms with Crippen LogP contribution in [0.3, 0.4) is 0 Å². The molecule has 8 heteroatoms. The highest BCUT2D eigenvalue weighted by Gasteiger charge is 2.20. The van der Waals surface area contributed by atoms with E-state index in [-0.39, 0.29) is 5.75 Å². The molecule has 1 aliphatic heterocycles. The lowest BCUT2D eigenvalue weighted by molar-refractivity contribution is 0.169. The van der Waals surface area contributed by atoms with Gasteiger partial charge >= 0.3 is 0 Å². The molecule has 2 N–H and O–H groups in total. The number of guanidine groups is 1. The maximum absolute atomic E-state index is 13.4. The average Bonchev–Trinajstić information content (AvgIpc) is 3.04. The van der Waals surface area contributed by atoms with Gasteiger partial charge in [0.05, 0.1) is 5.69 Å². The molecule has 7 nitrogen and oxygen atoms in total. The van der Waals surface area contributed by atoms with Crippen molar-refractivity contribution in [1.29, 1.82) is 0 Å². The van der Waals surface area contributed by atoms with Crippen LogP contribution in [0.25, 0.3) is 0 Å². The average molecular weight is 361 g/mol. The molecule has 0 aliphatic carbocycles. The van der Waals surface area contributed by atoms with Gasteiger partial charge in [0.15, 0.2) is 17.5 Å². The number of piperazine rings is 1. The lowest BCUT2D eigenvalue weighted by Crippen LogP contribution is -2.52. The van der Waals surface area contributed by atoms with Crippen LogP contribution in [0, 0.1) is 12.7 Å². The van der Waals surface area contributed by atoms with Crippen LogP contribution in [0.5, 0.6) is 5.75 Å². The van der Waals surface area contributed by atoms with E-state index in [1.54, 1.807) is 13.1 Å². The number of aliphatic imine (C=N–C) groups is 1.